The average Bonchev–Trinajstić information content (AvgIpc) is 3.43. The van der Waals surface area contributed by atoms with Gasteiger partial charge in [0.25, 0.3) is 24.1 Å². The van der Waals surface area contributed by atoms with Crippen LogP contribution in [0.25, 0.3) is 11.0 Å². The number of nitrogens with two attached hydrogens (primary N) is 1. The smallest absolute Gasteiger partial charge is 0.328 e. The van der Waals surface area contributed by atoms with Gasteiger partial charge in [0.1, 0.15) is 17.2 Å². The zero-order valence-corrected chi connectivity index (χ0v) is 21.8. The van der Waals surface area contributed by atoms with E-state index in [4.69, 9.17) is 20.4 Å². The molecule has 0 bridgehead atoms. The van der Waals surface area contributed by atoms with E-state index in [-0.39, 0.29) is 30.4 Å². The summed E-state index contributed by atoms with van der Waals surface area (Å²) in [6.45, 7) is 5.56. The molecule has 3 aromatic rings. The Bertz CT molecular complexity index is 1340. The average molecular weight is 577 g/mol. The topological polar surface area (TPSA) is 182 Å². The first-order chi connectivity index (χ1) is 17.7. The maximum absolute atomic E-state index is 12.8. The van der Waals surface area contributed by atoms with Crippen molar-refractivity contribution in [1.29, 1.82) is 0 Å². The number of ether oxygens (including phenoxy) is 1. The van der Waals surface area contributed by atoms with Crippen molar-refractivity contribution in [3.63, 3.8) is 0 Å². The van der Waals surface area contributed by atoms with E-state index in [1.165, 1.54) is 6.20 Å². The van der Waals surface area contributed by atoms with Gasteiger partial charge in [-0.25, -0.2) is 23.9 Å². The van der Waals surface area contributed by atoms with E-state index in [2.05, 4.69) is 41.1 Å². The number of aryl methyl sites for hydroxylation is 2. The predicted octanol–water partition coefficient (Wildman–Crippen LogP) is 0.779. The van der Waals surface area contributed by atoms with Crippen molar-refractivity contribution in [2.75, 3.05) is 12.3 Å². The highest BCUT2D eigenvalue weighted by Crippen LogP contribution is 2.19. The van der Waals surface area contributed by atoms with Gasteiger partial charge in [0.15, 0.2) is 22.5 Å². The molecule has 1 aliphatic rings. The molecule has 1 aliphatic heterocycles. The van der Waals surface area contributed by atoms with Gasteiger partial charge >= 0.3 is 5.97 Å². The molecule has 1 saturated heterocycles. The minimum absolute atomic E-state index is 0.0426. The van der Waals surface area contributed by atoms with Crippen LogP contribution in [0.15, 0.2) is 29.0 Å². The van der Waals surface area contributed by atoms with Crippen LogP contribution in [-0.2, 0) is 34.0 Å². The normalized spacial score (nSPS) is 14.5. The predicted molar refractivity (Wildman–Crippen MR) is 134 cm³/mol. The van der Waals surface area contributed by atoms with E-state index in [0.29, 0.717) is 36.3 Å². The number of anilines is 1. The molecule has 2 amide bonds. The number of nitrogen functional groups attached to an aromatic ring is 1. The molecule has 0 spiro atoms. The summed E-state index contributed by atoms with van der Waals surface area (Å²) in [4.78, 5) is 53.6. The second-order valence-electron chi connectivity index (χ2n) is 7.81. The molecule has 0 radical (unpaired) electrons. The fourth-order valence-corrected chi connectivity index (χ4v) is 4.36. The molecule has 2 aromatic heterocycles. The molecule has 196 valence electrons. The first kappa shape index (κ1) is 27.5. The number of hydrogen-bond acceptors (Lipinski definition) is 8. The quantitative estimate of drug-likeness (QED) is 0.179. The monoisotopic (exact) mass is 576 g/mol. The molecule has 13 nitrogen and oxygen atoms in total. The second-order valence-corrected chi connectivity index (χ2v) is 8.62. The minimum Gasteiger partial charge on any atom is -0.483 e. The molecule has 1 aromatic carbocycles. The maximum atomic E-state index is 12.8. The van der Waals surface area contributed by atoms with E-state index in [9.17, 15) is 14.4 Å². The molecule has 1 fully saturated rings. The second kappa shape index (κ2) is 12.3. The van der Waals surface area contributed by atoms with E-state index in [1.54, 1.807) is 12.1 Å². The van der Waals surface area contributed by atoms with Crippen LogP contribution in [0.3, 0.4) is 0 Å². The molecular formula is C23H27BrN7O6+. The molecule has 5 N–H and O–H groups in total. The van der Waals surface area contributed by atoms with Crippen molar-refractivity contribution >= 4 is 57.0 Å². The van der Waals surface area contributed by atoms with Crippen LogP contribution in [0.5, 0.6) is 0 Å². The Morgan fingerprint density at radius 2 is 2.08 bits per heavy atom. The number of amides is 2. The number of carbonyl (C=O) groups is 4. The standard InChI is InChI=1S/C22H24BrN7O4.CH2O2/c1-3-29-14-6-5-12(20(31)27-13-7-8-34-22(13)33)9-15(14)30(4-2)17(29)11-26-21(32)18-19(24)25-10-16(23)28-18;2-1-3/h5-6,9-10,13H,3-4,7-8,11H2,1-2H3,(H3-,24,25,26,27,31,32);1H,(H,2,3)/p+1/t13-;/m0./s1. The zero-order valence-electron chi connectivity index (χ0n) is 20.2. The van der Waals surface area contributed by atoms with Crippen molar-refractivity contribution in [3.05, 3.63) is 46.1 Å². The summed E-state index contributed by atoms with van der Waals surface area (Å²) in [6, 6.07) is 4.77. The summed E-state index contributed by atoms with van der Waals surface area (Å²) in [5, 5.41) is 12.5. The van der Waals surface area contributed by atoms with Gasteiger partial charge in [0, 0.05) is 18.1 Å². The number of esters is 1. The van der Waals surface area contributed by atoms with Crippen LogP contribution in [0.1, 0.15) is 46.9 Å². The number of fused-ring (bicyclic) bond motifs is 1. The summed E-state index contributed by atoms with van der Waals surface area (Å²) in [5.41, 5.74) is 8.06. The van der Waals surface area contributed by atoms with E-state index in [0.717, 1.165) is 16.9 Å². The van der Waals surface area contributed by atoms with Crippen LogP contribution < -0.4 is 20.9 Å². The Kier molecular flexibility index (Phi) is 9.11. The molecule has 0 unspecified atom stereocenters. The van der Waals surface area contributed by atoms with Crippen molar-refractivity contribution in [2.45, 2.75) is 45.9 Å². The van der Waals surface area contributed by atoms with Crippen molar-refractivity contribution in [3.8, 4) is 0 Å². The van der Waals surface area contributed by atoms with Gasteiger partial charge in [-0.1, -0.05) is 0 Å². The van der Waals surface area contributed by atoms with Crippen LogP contribution in [0, 0.1) is 0 Å². The fourth-order valence-electron chi connectivity index (χ4n) is 4.09. The highest BCUT2D eigenvalue weighted by Gasteiger charge is 2.29. The third-order valence-corrected chi connectivity index (χ3v) is 6.09. The van der Waals surface area contributed by atoms with E-state index < -0.39 is 17.9 Å². The number of carboxylic acid groups (broad SMARTS) is 1. The number of carbonyl (C=O) groups excluding carboxylic acids is 3. The van der Waals surface area contributed by atoms with Gasteiger partial charge in [-0.15, -0.1) is 0 Å². The minimum atomic E-state index is -0.624. The molecule has 0 aliphatic carbocycles. The lowest BCUT2D eigenvalue weighted by molar-refractivity contribution is -0.676. The first-order valence-corrected chi connectivity index (χ1v) is 12.2. The number of benzene rings is 1. The number of rotatable bonds is 7. The number of imidazole rings is 1. The van der Waals surface area contributed by atoms with Gasteiger partial charge < -0.3 is 26.2 Å². The third-order valence-electron chi connectivity index (χ3n) is 5.71. The van der Waals surface area contributed by atoms with Crippen LogP contribution in [-0.4, -0.2) is 56.5 Å². The Morgan fingerprint density at radius 1 is 1.35 bits per heavy atom. The summed E-state index contributed by atoms with van der Waals surface area (Å²) < 4.78 is 9.44. The first-order valence-electron chi connectivity index (χ1n) is 11.4. The summed E-state index contributed by atoms with van der Waals surface area (Å²) >= 11 is 3.20. The number of hydrogen-bond donors (Lipinski definition) is 4. The molecule has 3 heterocycles. The number of nitrogens with zero attached hydrogens (tertiary/aromatic N) is 4. The Balaban J connectivity index is 0.00000121. The lowest BCUT2D eigenvalue weighted by atomic mass is 10.1. The Hall–Kier alpha value is -4.07. The lowest BCUT2D eigenvalue weighted by Gasteiger charge is -2.08. The van der Waals surface area contributed by atoms with Crippen LogP contribution in [0.2, 0.25) is 0 Å². The summed E-state index contributed by atoms with van der Waals surface area (Å²) in [7, 11) is 0. The molecule has 14 heteroatoms. The zero-order chi connectivity index (χ0) is 27.1. The molecule has 4 rings (SSSR count). The Labute approximate surface area is 220 Å². The largest absolute Gasteiger partial charge is 0.483 e. The van der Waals surface area contributed by atoms with Gasteiger partial charge in [-0.2, -0.15) is 0 Å². The maximum Gasteiger partial charge on any atom is 0.328 e. The van der Waals surface area contributed by atoms with E-state index in [1.807, 2.05) is 24.5 Å². The highest BCUT2D eigenvalue weighted by atomic mass is 79.9. The number of cyclic esters (lactones) is 1. The summed E-state index contributed by atoms with van der Waals surface area (Å²) in [5.74, 6) is -0.292. The van der Waals surface area contributed by atoms with Gasteiger partial charge in [-0.3, -0.25) is 14.4 Å². The summed E-state index contributed by atoms with van der Waals surface area (Å²) in [6.07, 6.45) is 1.89. The van der Waals surface area contributed by atoms with Crippen molar-refractivity contribution in [2.24, 2.45) is 0 Å². The molecule has 37 heavy (non-hydrogen) atoms. The number of aromatic nitrogens is 4. The van der Waals surface area contributed by atoms with Crippen molar-refractivity contribution in [1.82, 2.24) is 25.2 Å². The fraction of sp³-hybridized carbons (Fsp3) is 0.348. The highest BCUT2D eigenvalue weighted by molar-refractivity contribution is 9.10. The molecule has 1 atom stereocenters. The van der Waals surface area contributed by atoms with Crippen molar-refractivity contribution < 1.29 is 33.6 Å². The van der Waals surface area contributed by atoms with Gasteiger partial charge in [0.05, 0.1) is 25.9 Å². The number of halogens is 1. The van der Waals surface area contributed by atoms with Crippen LogP contribution in [0.4, 0.5) is 5.82 Å². The van der Waals surface area contributed by atoms with Gasteiger partial charge in [0.2, 0.25) is 0 Å². The van der Waals surface area contributed by atoms with E-state index >= 15 is 0 Å². The lowest BCUT2D eigenvalue weighted by Crippen LogP contribution is -2.40. The molecule has 0 saturated carbocycles. The molecular weight excluding hydrogens is 550 g/mol. The SMILES string of the molecule is CCn1c(CNC(=O)c2nc(Br)cnc2N)[n+](CC)c2ccc(C(=O)N[C@H]3CCOC3=O)cc21.O=CO. The van der Waals surface area contributed by atoms with Crippen LogP contribution >= 0.6 is 15.9 Å². The van der Waals surface area contributed by atoms with Gasteiger partial charge in [-0.05, 0) is 41.9 Å². The Morgan fingerprint density at radius 3 is 2.70 bits per heavy atom. The third kappa shape index (κ3) is 6.02. The number of nitrogens with one attached hydrogen (secondary N) is 2.